The number of nitrogen functional groups attached to an aromatic ring is 1. The Hall–Kier alpha value is -3.64. The molecule has 3 atom stereocenters. The lowest BCUT2D eigenvalue weighted by Crippen LogP contribution is -2.40. The maximum Gasteiger partial charge on any atom is 0.410 e. The maximum atomic E-state index is 15.3. The summed E-state index contributed by atoms with van der Waals surface area (Å²) in [6, 6.07) is 2.85. The molecular formula is C31H36F3N5O4. The summed E-state index contributed by atoms with van der Waals surface area (Å²) < 4.78 is 63.3. The van der Waals surface area contributed by atoms with Gasteiger partial charge in [-0.25, -0.2) is 27.9 Å². The number of carbonyl (C=O) groups excluding carboxylic acids is 1. The minimum Gasteiger partial charge on any atom is -0.444 e. The Bertz CT molecular complexity index is 1610. The average molecular weight is 600 g/mol. The smallest absolute Gasteiger partial charge is 0.410 e. The molecule has 2 N–H and O–H groups in total. The van der Waals surface area contributed by atoms with Crippen molar-refractivity contribution in [2.45, 2.75) is 96.5 Å². The number of nitrogens with two attached hydrogens (primary N) is 1. The Morgan fingerprint density at radius 1 is 1.21 bits per heavy atom. The standard InChI is InChI=1S/C31H36F3N5O4/c1-30(2,3)43-29(40)38-10-8-18-21(14-38)16(12-20(23(18)32)26(33)34)6-7-17-13-22(25-24(17)41-31(4,5)42-25)39-11-9-19-27(35)36-15-37-28(19)39/h9,11-13,15,22,24-26H,6-8,10,14H2,1-5H3,(H2,35,36,37)/t22-,24-,25+/m1/s1. The van der Waals surface area contributed by atoms with E-state index in [1.54, 1.807) is 20.8 Å². The van der Waals surface area contributed by atoms with Crippen molar-refractivity contribution in [1.82, 2.24) is 19.4 Å². The van der Waals surface area contributed by atoms with Gasteiger partial charge in [-0.05, 0) is 88.3 Å². The SMILES string of the molecule is CC(C)(C)OC(=O)N1CCc2c(F)c(C(F)F)cc(CCC3=C[C@@H](n4ccc5c(N)ncnc54)[C@@H]4OC(C)(C)O[C@H]34)c2C1. The van der Waals surface area contributed by atoms with Crippen molar-refractivity contribution < 1.29 is 32.2 Å². The molecule has 6 rings (SSSR count). The van der Waals surface area contributed by atoms with E-state index in [9.17, 15) is 13.6 Å². The third-order valence-electron chi connectivity index (χ3n) is 8.23. The molecule has 0 spiro atoms. The van der Waals surface area contributed by atoms with Gasteiger partial charge in [0.2, 0.25) is 0 Å². The number of ether oxygens (including phenoxy) is 3. The summed E-state index contributed by atoms with van der Waals surface area (Å²) in [5, 5.41) is 0.728. The van der Waals surface area contributed by atoms with Crippen molar-refractivity contribution in [1.29, 1.82) is 0 Å². The fourth-order valence-electron chi connectivity index (χ4n) is 6.39. The van der Waals surface area contributed by atoms with E-state index in [4.69, 9.17) is 19.9 Å². The van der Waals surface area contributed by atoms with Crippen LogP contribution < -0.4 is 5.73 Å². The van der Waals surface area contributed by atoms with Crippen molar-refractivity contribution in [3.05, 3.63) is 64.4 Å². The topological polar surface area (TPSA) is 105 Å². The zero-order chi connectivity index (χ0) is 30.8. The first-order valence-corrected chi connectivity index (χ1v) is 14.4. The van der Waals surface area contributed by atoms with E-state index in [0.717, 1.165) is 11.0 Å². The molecule has 43 heavy (non-hydrogen) atoms. The summed E-state index contributed by atoms with van der Waals surface area (Å²) >= 11 is 0. The Morgan fingerprint density at radius 2 is 1.98 bits per heavy atom. The number of hydrogen-bond donors (Lipinski definition) is 1. The number of nitrogens with zero attached hydrogens (tertiary/aromatic N) is 4. The number of rotatable bonds is 5. The van der Waals surface area contributed by atoms with E-state index < -0.39 is 35.3 Å². The highest BCUT2D eigenvalue weighted by molar-refractivity contribution is 5.86. The van der Waals surface area contributed by atoms with Gasteiger partial charge in [-0.1, -0.05) is 6.08 Å². The van der Waals surface area contributed by atoms with Crippen LogP contribution in [0.3, 0.4) is 0 Å². The Labute approximate surface area is 247 Å². The number of aromatic nitrogens is 3. The van der Waals surface area contributed by atoms with Crippen LogP contribution >= 0.6 is 0 Å². The lowest BCUT2D eigenvalue weighted by atomic mass is 9.88. The fourth-order valence-corrected chi connectivity index (χ4v) is 6.39. The molecule has 1 amide bonds. The predicted molar refractivity (Wildman–Crippen MR) is 153 cm³/mol. The van der Waals surface area contributed by atoms with E-state index in [1.807, 2.05) is 30.7 Å². The first-order valence-electron chi connectivity index (χ1n) is 14.4. The molecular weight excluding hydrogens is 563 g/mol. The van der Waals surface area contributed by atoms with Crippen molar-refractivity contribution in [3.63, 3.8) is 0 Å². The van der Waals surface area contributed by atoms with Gasteiger partial charge in [0.1, 0.15) is 41.4 Å². The summed E-state index contributed by atoms with van der Waals surface area (Å²) in [4.78, 5) is 22.9. The number of carbonyl (C=O) groups is 1. The molecule has 230 valence electrons. The molecule has 0 bridgehead atoms. The molecule has 1 aromatic carbocycles. The minimum absolute atomic E-state index is 0.0802. The summed E-state index contributed by atoms with van der Waals surface area (Å²) in [5.41, 5.74) is 7.73. The fraction of sp³-hybridized carbons (Fsp3) is 0.516. The van der Waals surface area contributed by atoms with Crippen LogP contribution in [-0.4, -0.2) is 55.7 Å². The normalized spacial score (nSPS) is 23.0. The molecule has 2 aromatic heterocycles. The van der Waals surface area contributed by atoms with Crippen molar-refractivity contribution in [2.24, 2.45) is 0 Å². The first kappa shape index (κ1) is 29.4. The van der Waals surface area contributed by atoms with Gasteiger partial charge in [-0.15, -0.1) is 0 Å². The zero-order valence-electron chi connectivity index (χ0n) is 24.9. The Kier molecular flexibility index (Phi) is 7.20. The molecule has 12 heteroatoms. The van der Waals surface area contributed by atoms with Crippen molar-refractivity contribution >= 4 is 22.9 Å². The van der Waals surface area contributed by atoms with Crippen LogP contribution in [0.25, 0.3) is 11.0 Å². The second-order valence-electron chi connectivity index (χ2n) is 12.8. The molecule has 2 aliphatic heterocycles. The number of benzene rings is 1. The Balaban J connectivity index is 1.32. The predicted octanol–water partition coefficient (Wildman–Crippen LogP) is 6.02. The van der Waals surface area contributed by atoms with E-state index in [0.29, 0.717) is 35.4 Å². The van der Waals surface area contributed by atoms with E-state index in [-0.39, 0.29) is 43.3 Å². The van der Waals surface area contributed by atoms with Gasteiger partial charge >= 0.3 is 6.09 Å². The van der Waals surface area contributed by atoms with Crippen LogP contribution in [0.2, 0.25) is 0 Å². The molecule has 0 unspecified atom stereocenters. The molecule has 3 aliphatic rings. The molecule has 9 nitrogen and oxygen atoms in total. The zero-order valence-corrected chi connectivity index (χ0v) is 24.9. The molecule has 1 aliphatic carbocycles. The third kappa shape index (κ3) is 5.46. The summed E-state index contributed by atoms with van der Waals surface area (Å²) in [7, 11) is 0. The van der Waals surface area contributed by atoms with Crippen molar-refractivity contribution in [2.75, 3.05) is 12.3 Å². The minimum atomic E-state index is -2.96. The van der Waals surface area contributed by atoms with Crippen LogP contribution in [0.15, 0.2) is 36.3 Å². The highest BCUT2D eigenvalue weighted by Gasteiger charge is 2.50. The largest absolute Gasteiger partial charge is 0.444 e. The molecule has 1 saturated heterocycles. The average Bonchev–Trinajstić information content (AvgIpc) is 3.58. The lowest BCUT2D eigenvalue weighted by molar-refractivity contribution is -0.147. The molecule has 0 saturated carbocycles. The first-order chi connectivity index (χ1) is 20.2. The van der Waals surface area contributed by atoms with E-state index in [1.165, 1.54) is 17.3 Å². The van der Waals surface area contributed by atoms with Gasteiger partial charge in [0.25, 0.3) is 6.43 Å². The summed E-state index contributed by atoms with van der Waals surface area (Å²) in [5.74, 6) is -1.36. The number of hydrogen-bond acceptors (Lipinski definition) is 7. The number of amides is 1. The van der Waals surface area contributed by atoms with Gasteiger partial charge in [0, 0.05) is 19.3 Å². The van der Waals surface area contributed by atoms with Gasteiger partial charge in [-0.3, -0.25) is 0 Å². The highest BCUT2D eigenvalue weighted by atomic mass is 19.3. The molecule has 4 heterocycles. The number of halogens is 3. The van der Waals surface area contributed by atoms with E-state index in [2.05, 4.69) is 16.0 Å². The monoisotopic (exact) mass is 599 g/mol. The van der Waals surface area contributed by atoms with Gasteiger partial charge in [0.05, 0.1) is 17.0 Å². The number of anilines is 1. The quantitative estimate of drug-likeness (QED) is 0.358. The summed E-state index contributed by atoms with van der Waals surface area (Å²) in [6.45, 7) is 9.28. The van der Waals surface area contributed by atoms with Crippen LogP contribution in [0.4, 0.5) is 23.8 Å². The van der Waals surface area contributed by atoms with Crippen molar-refractivity contribution in [3.8, 4) is 0 Å². The lowest BCUT2D eigenvalue weighted by Gasteiger charge is -2.33. The maximum absolute atomic E-state index is 15.3. The van der Waals surface area contributed by atoms with Crippen LogP contribution in [0, 0.1) is 5.82 Å². The molecule has 3 aromatic rings. The van der Waals surface area contributed by atoms with Crippen LogP contribution in [-0.2, 0) is 33.6 Å². The number of alkyl halides is 2. The molecule has 0 radical (unpaired) electrons. The second kappa shape index (κ2) is 10.5. The van der Waals surface area contributed by atoms with Gasteiger partial charge in [0.15, 0.2) is 5.79 Å². The number of aryl methyl sites for hydroxylation is 1. The summed E-state index contributed by atoms with van der Waals surface area (Å²) in [6.07, 6.45) is 2.10. The highest BCUT2D eigenvalue weighted by Crippen LogP contribution is 2.46. The van der Waals surface area contributed by atoms with Crippen LogP contribution in [0.1, 0.15) is 75.8 Å². The third-order valence-corrected chi connectivity index (χ3v) is 8.23. The van der Waals surface area contributed by atoms with Crippen LogP contribution in [0.5, 0.6) is 0 Å². The van der Waals surface area contributed by atoms with Gasteiger partial charge in [-0.2, -0.15) is 0 Å². The second-order valence-corrected chi connectivity index (χ2v) is 12.8. The number of fused-ring (bicyclic) bond motifs is 3. The molecule has 1 fully saturated rings. The van der Waals surface area contributed by atoms with Gasteiger partial charge < -0.3 is 29.4 Å². The van der Waals surface area contributed by atoms with E-state index >= 15 is 4.39 Å². The Morgan fingerprint density at radius 3 is 2.70 bits per heavy atom.